The van der Waals surface area contributed by atoms with Gasteiger partial charge in [-0.2, -0.15) is 0 Å². The lowest BCUT2D eigenvalue weighted by molar-refractivity contribution is -0.135. The van der Waals surface area contributed by atoms with Crippen LogP contribution in [0, 0.1) is 11.7 Å². The molecule has 1 aromatic rings. The van der Waals surface area contributed by atoms with Crippen molar-refractivity contribution in [3.8, 4) is 0 Å². The first-order chi connectivity index (χ1) is 12.5. The standard InChI is InChI=1S/C20H26FN3O2/c1-13(19(25)22-14-6-7-14)23-8-10-24(11-9-23)20(26)17-12-16(17)15-4-2-3-5-18(15)21/h2-5,13-14,16-17H,6-12H2,1H3,(H,22,25). The Labute approximate surface area is 153 Å². The van der Waals surface area contributed by atoms with Gasteiger partial charge < -0.3 is 10.2 Å². The van der Waals surface area contributed by atoms with Crippen LogP contribution in [-0.4, -0.2) is 59.9 Å². The van der Waals surface area contributed by atoms with Crippen LogP contribution in [0.1, 0.15) is 37.7 Å². The fourth-order valence-corrected chi connectivity index (χ4v) is 3.87. The van der Waals surface area contributed by atoms with Gasteiger partial charge in [-0.25, -0.2) is 4.39 Å². The number of hydrogen-bond donors (Lipinski definition) is 1. The number of nitrogens with zero attached hydrogens (tertiary/aromatic N) is 2. The van der Waals surface area contributed by atoms with Crippen molar-refractivity contribution in [2.24, 2.45) is 5.92 Å². The molecule has 4 rings (SSSR count). The highest BCUT2D eigenvalue weighted by Crippen LogP contribution is 2.49. The molecule has 2 aliphatic carbocycles. The maximum atomic E-state index is 13.9. The summed E-state index contributed by atoms with van der Waals surface area (Å²) in [5, 5.41) is 3.05. The van der Waals surface area contributed by atoms with Crippen LogP contribution < -0.4 is 5.32 Å². The summed E-state index contributed by atoms with van der Waals surface area (Å²) in [7, 11) is 0. The molecule has 1 N–H and O–H groups in total. The molecule has 3 unspecified atom stereocenters. The molecule has 1 heterocycles. The molecule has 0 bridgehead atoms. The minimum atomic E-state index is -0.215. The second kappa shape index (κ2) is 6.99. The Morgan fingerprint density at radius 2 is 1.85 bits per heavy atom. The van der Waals surface area contributed by atoms with Crippen LogP contribution in [-0.2, 0) is 9.59 Å². The Balaban J connectivity index is 1.28. The van der Waals surface area contributed by atoms with Gasteiger partial charge in [-0.1, -0.05) is 18.2 Å². The molecule has 3 atom stereocenters. The summed E-state index contributed by atoms with van der Waals surface area (Å²) in [6.07, 6.45) is 2.91. The molecule has 0 radical (unpaired) electrons. The van der Waals surface area contributed by atoms with E-state index in [4.69, 9.17) is 0 Å². The molecule has 1 saturated heterocycles. The Morgan fingerprint density at radius 3 is 2.50 bits per heavy atom. The zero-order valence-electron chi connectivity index (χ0n) is 15.2. The summed E-state index contributed by atoms with van der Waals surface area (Å²) in [5.41, 5.74) is 0.662. The van der Waals surface area contributed by atoms with Gasteiger partial charge in [0.25, 0.3) is 0 Å². The lowest BCUT2D eigenvalue weighted by Crippen LogP contribution is -2.55. The van der Waals surface area contributed by atoms with E-state index in [9.17, 15) is 14.0 Å². The zero-order valence-corrected chi connectivity index (χ0v) is 15.2. The molecular weight excluding hydrogens is 333 g/mol. The smallest absolute Gasteiger partial charge is 0.237 e. The first-order valence-electron chi connectivity index (χ1n) is 9.62. The van der Waals surface area contributed by atoms with Crippen LogP contribution in [0.2, 0.25) is 0 Å². The molecule has 1 aromatic carbocycles. The summed E-state index contributed by atoms with van der Waals surface area (Å²) in [4.78, 5) is 28.9. The third-order valence-electron chi connectivity index (χ3n) is 5.89. The SMILES string of the molecule is CC(C(=O)NC1CC1)N1CCN(C(=O)C2CC2c2ccccc2F)CC1. The van der Waals surface area contributed by atoms with Crippen LogP contribution >= 0.6 is 0 Å². The fourth-order valence-electron chi connectivity index (χ4n) is 3.87. The minimum absolute atomic E-state index is 0.0185. The second-order valence-corrected chi connectivity index (χ2v) is 7.79. The number of carbonyl (C=O) groups is 2. The van der Waals surface area contributed by atoms with E-state index < -0.39 is 0 Å². The van der Waals surface area contributed by atoms with E-state index in [1.165, 1.54) is 6.07 Å². The van der Waals surface area contributed by atoms with Crippen LogP contribution in [0.15, 0.2) is 24.3 Å². The van der Waals surface area contributed by atoms with Gasteiger partial charge in [-0.15, -0.1) is 0 Å². The van der Waals surface area contributed by atoms with Crippen molar-refractivity contribution < 1.29 is 14.0 Å². The number of halogens is 1. The van der Waals surface area contributed by atoms with Gasteiger partial charge in [-0.05, 0) is 43.7 Å². The summed E-state index contributed by atoms with van der Waals surface area (Å²) in [6, 6.07) is 6.97. The van der Waals surface area contributed by atoms with Crippen molar-refractivity contribution >= 4 is 11.8 Å². The van der Waals surface area contributed by atoms with Crippen molar-refractivity contribution in [2.75, 3.05) is 26.2 Å². The molecule has 6 heteroatoms. The van der Waals surface area contributed by atoms with Crippen LogP contribution in [0.4, 0.5) is 4.39 Å². The lowest BCUT2D eigenvalue weighted by Gasteiger charge is -2.37. The van der Waals surface area contributed by atoms with E-state index in [0.29, 0.717) is 37.8 Å². The summed E-state index contributed by atoms with van der Waals surface area (Å²) in [5.74, 6) is -0.0609. The van der Waals surface area contributed by atoms with E-state index in [0.717, 1.165) is 19.3 Å². The highest BCUT2D eigenvalue weighted by Gasteiger charge is 2.47. The molecule has 0 aromatic heterocycles. The highest BCUT2D eigenvalue weighted by molar-refractivity contribution is 5.83. The van der Waals surface area contributed by atoms with Crippen molar-refractivity contribution in [3.63, 3.8) is 0 Å². The number of rotatable bonds is 5. The summed E-state index contributed by atoms with van der Waals surface area (Å²) >= 11 is 0. The quantitative estimate of drug-likeness (QED) is 0.871. The van der Waals surface area contributed by atoms with Crippen LogP contribution in [0.3, 0.4) is 0 Å². The number of hydrogen-bond acceptors (Lipinski definition) is 3. The predicted octanol–water partition coefficient (Wildman–Crippen LogP) is 1.74. The van der Waals surface area contributed by atoms with E-state index in [-0.39, 0.29) is 35.5 Å². The molecule has 3 fully saturated rings. The van der Waals surface area contributed by atoms with Gasteiger partial charge in [0.1, 0.15) is 5.82 Å². The highest BCUT2D eigenvalue weighted by atomic mass is 19.1. The van der Waals surface area contributed by atoms with Crippen molar-refractivity contribution in [3.05, 3.63) is 35.6 Å². The normalized spacial score (nSPS) is 27.1. The zero-order chi connectivity index (χ0) is 18.3. The van der Waals surface area contributed by atoms with Crippen LogP contribution in [0.5, 0.6) is 0 Å². The van der Waals surface area contributed by atoms with Crippen molar-refractivity contribution in [2.45, 2.75) is 44.2 Å². The number of amides is 2. The maximum absolute atomic E-state index is 13.9. The number of piperazine rings is 1. The third-order valence-corrected chi connectivity index (χ3v) is 5.89. The van der Waals surface area contributed by atoms with Crippen molar-refractivity contribution in [1.82, 2.24) is 15.1 Å². The first kappa shape index (κ1) is 17.5. The van der Waals surface area contributed by atoms with E-state index >= 15 is 0 Å². The van der Waals surface area contributed by atoms with Crippen molar-refractivity contribution in [1.29, 1.82) is 0 Å². The third kappa shape index (κ3) is 3.61. The Hall–Kier alpha value is -1.95. The molecule has 2 saturated carbocycles. The van der Waals surface area contributed by atoms with E-state index in [1.807, 2.05) is 17.9 Å². The van der Waals surface area contributed by atoms with E-state index in [2.05, 4.69) is 10.2 Å². The Morgan fingerprint density at radius 1 is 1.15 bits per heavy atom. The van der Waals surface area contributed by atoms with Gasteiger partial charge in [0, 0.05) is 38.1 Å². The molecule has 1 aliphatic heterocycles. The van der Waals surface area contributed by atoms with Gasteiger partial charge in [0.05, 0.1) is 6.04 Å². The first-order valence-corrected chi connectivity index (χ1v) is 9.62. The summed E-state index contributed by atoms with van der Waals surface area (Å²) in [6.45, 7) is 4.63. The van der Waals surface area contributed by atoms with Gasteiger partial charge in [0.2, 0.25) is 11.8 Å². The average molecular weight is 359 g/mol. The molecule has 5 nitrogen and oxygen atoms in total. The number of benzene rings is 1. The predicted molar refractivity (Wildman–Crippen MR) is 96.0 cm³/mol. The summed E-state index contributed by atoms with van der Waals surface area (Å²) < 4.78 is 13.9. The van der Waals surface area contributed by atoms with E-state index in [1.54, 1.807) is 12.1 Å². The lowest BCUT2D eigenvalue weighted by atomic mass is 10.1. The van der Waals surface area contributed by atoms with Gasteiger partial charge in [0.15, 0.2) is 0 Å². The molecule has 140 valence electrons. The average Bonchev–Trinajstić information content (AvgIpc) is 3.56. The minimum Gasteiger partial charge on any atom is -0.352 e. The second-order valence-electron chi connectivity index (χ2n) is 7.79. The maximum Gasteiger partial charge on any atom is 0.237 e. The molecule has 0 spiro atoms. The monoisotopic (exact) mass is 359 g/mol. The molecule has 3 aliphatic rings. The largest absolute Gasteiger partial charge is 0.352 e. The topological polar surface area (TPSA) is 52.7 Å². The van der Waals surface area contributed by atoms with Crippen LogP contribution in [0.25, 0.3) is 0 Å². The Bertz CT molecular complexity index is 698. The Kier molecular flexibility index (Phi) is 4.69. The number of nitrogens with one attached hydrogen (secondary N) is 1. The molecule has 2 amide bonds. The molecule has 26 heavy (non-hydrogen) atoms. The van der Waals surface area contributed by atoms with Gasteiger partial charge >= 0.3 is 0 Å². The number of carbonyl (C=O) groups excluding carboxylic acids is 2. The fraction of sp³-hybridized carbons (Fsp3) is 0.600. The van der Waals surface area contributed by atoms with Gasteiger partial charge in [-0.3, -0.25) is 14.5 Å². The molecular formula is C20H26FN3O2.